The molecule has 0 aliphatic heterocycles. The van der Waals surface area contributed by atoms with Crippen LogP contribution in [-0.4, -0.2) is 36.8 Å². The van der Waals surface area contributed by atoms with Crippen molar-refractivity contribution in [2.45, 2.75) is 33.1 Å². The van der Waals surface area contributed by atoms with Gasteiger partial charge in [0.15, 0.2) is 0 Å². The molecular weight excluding hydrogens is 222 g/mol. The molecule has 2 heteroatoms. The molecule has 1 N–H and O–H groups in total. The zero-order valence-electron chi connectivity index (χ0n) is 12.0. The molecule has 1 aromatic rings. The van der Waals surface area contributed by atoms with E-state index in [1.54, 1.807) is 0 Å². The Kier molecular flexibility index (Phi) is 6.99. The summed E-state index contributed by atoms with van der Waals surface area (Å²) in [6.45, 7) is 6.66. The molecule has 0 aromatic heterocycles. The lowest BCUT2D eigenvalue weighted by Crippen LogP contribution is -2.29. The highest BCUT2D eigenvalue weighted by atomic mass is 16.3. The second-order valence-corrected chi connectivity index (χ2v) is 5.14. The lowest BCUT2D eigenvalue weighted by molar-refractivity contribution is 0.177. The van der Waals surface area contributed by atoms with Crippen LogP contribution in [-0.2, 0) is 12.8 Å². The maximum absolute atomic E-state index is 9.19. The first kappa shape index (κ1) is 15.2. The van der Waals surface area contributed by atoms with Crippen LogP contribution in [0.2, 0.25) is 0 Å². The van der Waals surface area contributed by atoms with Crippen molar-refractivity contribution in [2.75, 3.05) is 26.7 Å². The van der Waals surface area contributed by atoms with Gasteiger partial charge in [-0.2, -0.15) is 0 Å². The Morgan fingerprint density at radius 2 is 1.72 bits per heavy atom. The van der Waals surface area contributed by atoms with E-state index in [2.05, 4.69) is 50.1 Å². The average Bonchev–Trinajstić information content (AvgIpc) is 2.43. The van der Waals surface area contributed by atoms with Crippen molar-refractivity contribution in [1.29, 1.82) is 0 Å². The third-order valence-electron chi connectivity index (χ3n) is 3.62. The minimum Gasteiger partial charge on any atom is -0.396 e. The largest absolute Gasteiger partial charge is 0.396 e. The van der Waals surface area contributed by atoms with Gasteiger partial charge in [0.05, 0.1) is 0 Å². The van der Waals surface area contributed by atoms with Crippen molar-refractivity contribution >= 4 is 0 Å². The molecule has 0 amide bonds. The zero-order valence-corrected chi connectivity index (χ0v) is 12.0. The summed E-state index contributed by atoms with van der Waals surface area (Å²) in [6.07, 6.45) is 3.24. The number of nitrogens with zero attached hydrogens (tertiary/aromatic N) is 1. The number of aliphatic hydroxyl groups excluding tert-OH is 1. The van der Waals surface area contributed by atoms with Gasteiger partial charge in [0.2, 0.25) is 0 Å². The van der Waals surface area contributed by atoms with Gasteiger partial charge in [-0.3, -0.25) is 0 Å². The van der Waals surface area contributed by atoms with Gasteiger partial charge in [0, 0.05) is 19.7 Å². The molecule has 1 atom stereocenters. The van der Waals surface area contributed by atoms with Gasteiger partial charge in [-0.05, 0) is 43.4 Å². The molecule has 0 spiro atoms. The highest BCUT2D eigenvalue weighted by molar-refractivity contribution is 5.22. The number of likely N-dealkylation sites (N-methyl/N-ethyl adjacent to an activating group) is 1. The standard InChI is InChI=1S/C16H27NO/c1-4-14-6-8-16(9-7-14)10-11-17(3)12-15(5-2)13-18/h6-9,15,18H,4-5,10-13H2,1-3H3. The Hall–Kier alpha value is -0.860. The van der Waals surface area contributed by atoms with E-state index in [1.807, 2.05) is 0 Å². The number of hydrogen-bond acceptors (Lipinski definition) is 2. The summed E-state index contributed by atoms with van der Waals surface area (Å²) in [5.41, 5.74) is 2.80. The number of aliphatic hydroxyl groups is 1. The lowest BCUT2D eigenvalue weighted by atomic mass is 10.1. The van der Waals surface area contributed by atoms with Crippen LogP contribution < -0.4 is 0 Å². The van der Waals surface area contributed by atoms with Gasteiger partial charge in [-0.1, -0.05) is 38.1 Å². The topological polar surface area (TPSA) is 23.5 Å². The summed E-state index contributed by atoms with van der Waals surface area (Å²) >= 11 is 0. The Bertz CT molecular complexity index is 316. The van der Waals surface area contributed by atoms with E-state index in [0.29, 0.717) is 12.5 Å². The SMILES string of the molecule is CCc1ccc(CCN(C)CC(CC)CO)cc1. The summed E-state index contributed by atoms with van der Waals surface area (Å²) in [5, 5.41) is 9.19. The number of aryl methyl sites for hydroxylation is 1. The van der Waals surface area contributed by atoms with Crippen LogP contribution in [0.1, 0.15) is 31.4 Å². The Labute approximate surface area is 112 Å². The molecule has 1 unspecified atom stereocenters. The number of rotatable bonds is 8. The highest BCUT2D eigenvalue weighted by Crippen LogP contribution is 2.08. The molecule has 1 rings (SSSR count). The van der Waals surface area contributed by atoms with Crippen molar-refractivity contribution in [3.05, 3.63) is 35.4 Å². The Morgan fingerprint density at radius 1 is 1.11 bits per heavy atom. The molecule has 2 nitrogen and oxygen atoms in total. The maximum atomic E-state index is 9.19. The number of benzene rings is 1. The fourth-order valence-corrected chi connectivity index (χ4v) is 2.11. The minimum atomic E-state index is 0.298. The molecule has 0 aliphatic carbocycles. The van der Waals surface area contributed by atoms with E-state index in [1.165, 1.54) is 11.1 Å². The van der Waals surface area contributed by atoms with Gasteiger partial charge in [0.25, 0.3) is 0 Å². The number of hydrogen-bond donors (Lipinski definition) is 1. The van der Waals surface area contributed by atoms with Crippen molar-refractivity contribution in [2.24, 2.45) is 5.92 Å². The molecule has 0 radical (unpaired) electrons. The molecular formula is C16H27NO. The first-order chi connectivity index (χ1) is 8.69. The monoisotopic (exact) mass is 249 g/mol. The zero-order chi connectivity index (χ0) is 13.4. The molecule has 0 saturated heterocycles. The van der Waals surface area contributed by atoms with Gasteiger partial charge in [0.1, 0.15) is 0 Å². The van der Waals surface area contributed by atoms with Gasteiger partial charge in [-0.25, -0.2) is 0 Å². The van der Waals surface area contributed by atoms with Crippen LogP contribution in [0.5, 0.6) is 0 Å². The second kappa shape index (κ2) is 8.28. The molecule has 0 saturated carbocycles. The van der Waals surface area contributed by atoms with Crippen LogP contribution in [0.25, 0.3) is 0 Å². The summed E-state index contributed by atoms with van der Waals surface area (Å²) in [7, 11) is 2.14. The normalized spacial score (nSPS) is 12.9. The van der Waals surface area contributed by atoms with E-state index >= 15 is 0 Å². The third kappa shape index (κ3) is 5.19. The van der Waals surface area contributed by atoms with E-state index < -0.39 is 0 Å². The molecule has 0 bridgehead atoms. The van der Waals surface area contributed by atoms with E-state index in [9.17, 15) is 5.11 Å². The third-order valence-corrected chi connectivity index (χ3v) is 3.62. The van der Waals surface area contributed by atoms with Crippen LogP contribution in [0.15, 0.2) is 24.3 Å². The molecule has 0 aliphatic rings. The van der Waals surface area contributed by atoms with Crippen LogP contribution in [0.4, 0.5) is 0 Å². The maximum Gasteiger partial charge on any atom is 0.0471 e. The second-order valence-electron chi connectivity index (χ2n) is 5.14. The summed E-state index contributed by atoms with van der Waals surface area (Å²) in [6, 6.07) is 8.90. The highest BCUT2D eigenvalue weighted by Gasteiger charge is 2.08. The summed E-state index contributed by atoms with van der Waals surface area (Å²) in [4.78, 5) is 2.32. The lowest BCUT2D eigenvalue weighted by Gasteiger charge is -2.21. The van der Waals surface area contributed by atoms with E-state index in [4.69, 9.17) is 0 Å². The summed E-state index contributed by atoms with van der Waals surface area (Å²) in [5.74, 6) is 0.414. The fourth-order valence-electron chi connectivity index (χ4n) is 2.11. The quantitative estimate of drug-likeness (QED) is 0.766. The predicted octanol–water partition coefficient (Wildman–Crippen LogP) is 2.74. The molecule has 0 fully saturated rings. The fraction of sp³-hybridized carbons (Fsp3) is 0.625. The summed E-state index contributed by atoms with van der Waals surface area (Å²) < 4.78 is 0. The van der Waals surface area contributed by atoms with E-state index in [0.717, 1.165) is 32.4 Å². The van der Waals surface area contributed by atoms with Crippen LogP contribution in [0, 0.1) is 5.92 Å². The molecule has 1 aromatic carbocycles. The van der Waals surface area contributed by atoms with Crippen LogP contribution in [0.3, 0.4) is 0 Å². The van der Waals surface area contributed by atoms with Crippen molar-refractivity contribution < 1.29 is 5.11 Å². The van der Waals surface area contributed by atoms with E-state index in [-0.39, 0.29) is 0 Å². The predicted molar refractivity (Wildman–Crippen MR) is 77.9 cm³/mol. The Morgan fingerprint density at radius 3 is 2.22 bits per heavy atom. The van der Waals surface area contributed by atoms with Crippen molar-refractivity contribution in [1.82, 2.24) is 4.90 Å². The van der Waals surface area contributed by atoms with Gasteiger partial charge >= 0.3 is 0 Å². The van der Waals surface area contributed by atoms with Crippen molar-refractivity contribution in [3.8, 4) is 0 Å². The minimum absolute atomic E-state index is 0.298. The first-order valence-corrected chi connectivity index (χ1v) is 7.06. The first-order valence-electron chi connectivity index (χ1n) is 7.06. The van der Waals surface area contributed by atoms with Gasteiger partial charge < -0.3 is 10.0 Å². The van der Waals surface area contributed by atoms with Gasteiger partial charge in [-0.15, -0.1) is 0 Å². The smallest absolute Gasteiger partial charge is 0.0471 e. The molecule has 0 heterocycles. The van der Waals surface area contributed by atoms with Crippen LogP contribution >= 0.6 is 0 Å². The molecule has 18 heavy (non-hydrogen) atoms. The molecule has 102 valence electrons. The Balaban J connectivity index is 2.34. The van der Waals surface area contributed by atoms with Crippen molar-refractivity contribution in [3.63, 3.8) is 0 Å². The average molecular weight is 249 g/mol.